The summed E-state index contributed by atoms with van der Waals surface area (Å²) in [5.41, 5.74) is 2.12. The standard InChI is InChI=1S/C14H10N4O2/c1-18-11-6-9(2-3-12(11)20-8-14(18)19)10-4-5-16-13(7-15)17-10/h2-6H,8H2,1H3. The number of anilines is 1. The molecule has 1 aromatic carbocycles. The number of likely N-dealkylation sites (N-methyl/N-ethyl adjacent to an activating group) is 1. The largest absolute Gasteiger partial charge is 0.482 e. The Labute approximate surface area is 115 Å². The van der Waals surface area contributed by atoms with Crippen molar-refractivity contribution in [3.05, 3.63) is 36.3 Å². The molecule has 0 saturated carbocycles. The number of carbonyl (C=O) groups excluding carboxylic acids is 1. The highest BCUT2D eigenvalue weighted by Gasteiger charge is 2.22. The van der Waals surface area contributed by atoms with E-state index < -0.39 is 0 Å². The summed E-state index contributed by atoms with van der Waals surface area (Å²) in [7, 11) is 1.70. The summed E-state index contributed by atoms with van der Waals surface area (Å²) in [6.45, 7) is 0.0505. The van der Waals surface area contributed by atoms with Gasteiger partial charge in [0.1, 0.15) is 11.8 Å². The Morgan fingerprint density at radius 2 is 2.25 bits per heavy atom. The summed E-state index contributed by atoms with van der Waals surface area (Å²) < 4.78 is 5.37. The number of nitriles is 1. The number of aromatic nitrogens is 2. The summed E-state index contributed by atoms with van der Waals surface area (Å²) in [5, 5.41) is 8.83. The number of fused-ring (bicyclic) bond motifs is 1. The van der Waals surface area contributed by atoms with Gasteiger partial charge in [0.05, 0.1) is 11.4 Å². The number of rotatable bonds is 1. The molecule has 98 valence electrons. The van der Waals surface area contributed by atoms with Crippen molar-refractivity contribution in [2.24, 2.45) is 0 Å². The SMILES string of the molecule is CN1C(=O)COc2ccc(-c3ccnc(C#N)n3)cc21. The van der Waals surface area contributed by atoms with E-state index in [-0.39, 0.29) is 18.3 Å². The molecule has 0 unspecified atom stereocenters. The number of carbonyl (C=O) groups is 1. The molecule has 0 atom stereocenters. The van der Waals surface area contributed by atoms with Crippen molar-refractivity contribution in [2.75, 3.05) is 18.6 Å². The molecule has 0 fully saturated rings. The van der Waals surface area contributed by atoms with Crippen LogP contribution in [0, 0.1) is 11.3 Å². The zero-order chi connectivity index (χ0) is 14.1. The topological polar surface area (TPSA) is 79.1 Å². The number of hydrogen-bond donors (Lipinski definition) is 0. The minimum atomic E-state index is -0.102. The van der Waals surface area contributed by atoms with E-state index >= 15 is 0 Å². The summed E-state index contributed by atoms with van der Waals surface area (Å²) in [5.74, 6) is 0.668. The van der Waals surface area contributed by atoms with Crippen LogP contribution in [0.4, 0.5) is 5.69 Å². The van der Waals surface area contributed by atoms with Crippen molar-refractivity contribution >= 4 is 11.6 Å². The second-order valence-corrected chi connectivity index (χ2v) is 4.30. The molecule has 6 nitrogen and oxygen atoms in total. The van der Waals surface area contributed by atoms with E-state index in [1.54, 1.807) is 24.1 Å². The first-order valence-electron chi connectivity index (χ1n) is 5.96. The average Bonchev–Trinajstić information content (AvgIpc) is 2.51. The van der Waals surface area contributed by atoms with Crippen molar-refractivity contribution < 1.29 is 9.53 Å². The van der Waals surface area contributed by atoms with Gasteiger partial charge in [-0.2, -0.15) is 5.26 Å². The van der Waals surface area contributed by atoms with E-state index in [4.69, 9.17) is 10.00 Å². The molecule has 1 aliphatic rings. The van der Waals surface area contributed by atoms with Crippen molar-refractivity contribution in [1.82, 2.24) is 9.97 Å². The molecule has 2 aromatic rings. The van der Waals surface area contributed by atoms with Gasteiger partial charge < -0.3 is 9.64 Å². The van der Waals surface area contributed by atoms with Gasteiger partial charge in [-0.25, -0.2) is 9.97 Å². The number of hydrogen-bond acceptors (Lipinski definition) is 5. The molecule has 2 heterocycles. The molecule has 3 rings (SSSR count). The molecule has 20 heavy (non-hydrogen) atoms. The second kappa shape index (κ2) is 4.63. The second-order valence-electron chi connectivity index (χ2n) is 4.30. The van der Waals surface area contributed by atoms with Gasteiger partial charge in [0.15, 0.2) is 6.61 Å². The number of benzene rings is 1. The predicted molar refractivity (Wildman–Crippen MR) is 71.1 cm³/mol. The molecule has 6 heteroatoms. The zero-order valence-corrected chi connectivity index (χ0v) is 10.7. The van der Waals surface area contributed by atoms with E-state index in [9.17, 15) is 4.79 Å². The van der Waals surface area contributed by atoms with Crippen LogP contribution < -0.4 is 9.64 Å². The molecule has 1 aliphatic heterocycles. The maximum Gasteiger partial charge on any atom is 0.264 e. The summed E-state index contributed by atoms with van der Waals surface area (Å²) in [6, 6.07) is 9.07. The van der Waals surface area contributed by atoms with Gasteiger partial charge in [-0.05, 0) is 24.3 Å². The number of nitrogens with zero attached hydrogens (tertiary/aromatic N) is 4. The molecule has 1 aromatic heterocycles. The zero-order valence-electron chi connectivity index (χ0n) is 10.7. The maximum atomic E-state index is 11.6. The molecule has 0 spiro atoms. The third kappa shape index (κ3) is 1.95. The van der Waals surface area contributed by atoms with E-state index in [1.165, 1.54) is 6.20 Å². The van der Waals surface area contributed by atoms with Gasteiger partial charge in [-0.1, -0.05) is 0 Å². The fourth-order valence-electron chi connectivity index (χ4n) is 2.00. The van der Waals surface area contributed by atoms with Crippen LogP contribution in [0.2, 0.25) is 0 Å². The van der Waals surface area contributed by atoms with E-state index in [1.807, 2.05) is 18.2 Å². The fraction of sp³-hybridized carbons (Fsp3) is 0.143. The van der Waals surface area contributed by atoms with Crippen LogP contribution in [0.3, 0.4) is 0 Å². The first-order valence-corrected chi connectivity index (χ1v) is 5.96. The van der Waals surface area contributed by atoms with Crippen molar-refractivity contribution in [3.8, 4) is 23.1 Å². The number of ether oxygens (including phenoxy) is 1. The molecular weight excluding hydrogens is 256 g/mol. The van der Waals surface area contributed by atoms with Gasteiger partial charge in [-0.15, -0.1) is 0 Å². The van der Waals surface area contributed by atoms with E-state index in [0.717, 1.165) is 5.56 Å². The van der Waals surface area contributed by atoms with E-state index in [2.05, 4.69) is 9.97 Å². The minimum absolute atomic E-state index is 0.0505. The third-order valence-corrected chi connectivity index (χ3v) is 3.10. The lowest BCUT2D eigenvalue weighted by atomic mass is 10.1. The van der Waals surface area contributed by atoms with Crippen molar-refractivity contribution in [1.29, 1.82) is 5.26 Å². The lowest BCUT2D eigenvalue weighted by Gasteiger charge is -2.26. The Morgan fingerprint density at radius 1 is 1.40 bits per heavy atom. The highest BCUT2D eigenvalue weighted by Crippen LogP contribution is 2.34. The van der Waals surface area contributed by atoms with E-state index in [0.29, 0.717) is 17.1 Å². The first kappa shape index (κ1) is 12.1. The van der Waals surface area contributed by atoms with Gasteiger partial charge in [0.25, 0.3) is 5.91 Å². The molecular formula is C14H10N4O2. The quantitative estimate of drug-likeness (QED) is 0.778. The lowest BCUT2D eigenvalue weighted by molar-refractivity contribution is -0.120. The summed E-state index contributed by atoms with van der Waals surface area (Å²) in [6.07, 6.45) is 1.53. The van der Waals surface area contributed by atoms with Crippen LogP contribution in [-0.2, 0) is 4.79 Å². The van der Waals surface area contributed by atoms with Crippen LogP contribution in [-0.4, -0.2) is 29.5 Å². The van der Waals surface area contributed by atoms with Gasteiger partial charge in [0.2, 0.25) is 5.82 Å². The average molecular weight is 266 g/mol. The smallest absolute Gasteiger partial charge is 0.264 e. The lowest BCUT2D eigenvalue weighted by Crippen LogP contribution is -2.35. The van der Waals surface area contributed by atoms with Crippen molar-refractivity contribution in [3.63, 3.8) is 0 Å². The predicted octanol–water partition coefficient (Wildman–Crippen LogP) is 1.37. The van der Waals surface area contributed by atoms with Crippen LogP contribution in [0.1, 0.15) is 5.82 Å². The highest BCUT2D eigenvalue weighted by molar-refractivity contribution is 5.98. The Kier molecular flexibility index (Phi) is 2.80. The Morgan fingerprint density at radius 3 is 3.05 bits per heavy atom. The third-order valence-electron chi connectivity index (χ3n) is 3.10. The first-order chi connectivity index (χ1) is 9.69. The fourth-order valence-corrected chi connectivity index (χ4v) is 2.00. The summed E-state index contributed by atoms with van der Waals surface area (Å²) >= 11 is 0. The highest BCUT2D eigenvalue weighted by atomic mass is 16.5. The molecule has 0 aliphatic carbocycles. The van der Waals surface area contributed by atoms with Gasteiger partial charge in [0, 0.05) is 18.8 Å². The van der Waals surface area contributed by atoms with Crippen LogP contribution >= 0.6 is 0 Å². The number of amides is 1. The summed E-state index contributed by atoms with van der Waals surface area (Å²) in [4.78, 5) is 21.2. The molecule has 0 bridgehead atoms. The Bertz CT molecular complexity index is 736. The van der Waals surface area contributed by atoms with Crippen molar-refractivity contribution in [2.45, 2.75) is 0 Å². The molecule has 0 saturated heterocycles. The normalized spacial score (nSPS) is 13.4. The molecule has 0 radical (unpaired) electrons. The van der Waals surface area contributed by atoms with Crippen LogP contribution in [0.15, 0.2) is 30.5 Å². The molecule has 1 amide bonds. The Hall–Kier alpha value is -2.94. The monoisotopic (exact) mass is 266 g/mol. The van der Waals surface area contributed by atoms with Crippen LogP contribution in [0.25, 0.3) is 11.3 Å². The Balaban J connectivity index is 2.08. The maximum absolute atomic E-state index is 11.6. The van der Waals surface area contributed by atoms with Gasteiger partial charge in [-0.3, -0.25) is 4.79 Å². The minimum Gasteiger partial charge on any atom is -0.482 e. The van der Waals surface area contributed by atoms with Crippen LogP contribution in [0.5, 0.6) is 5.75 Å². The van der Waals surface area contributed by atoms with Gasteiger partial charge >= 0.3 is 0 Å². The molecule has 0 N–H and O–H groups in total.